The van der Waals surface area contributed by atoms with Gasteiger partial charge in [0.2, 0.25) is 0 Å². The number of carbonyl (C=O) groups is 1. The highest BCUT2D eigenvalue weighted by molar-refractivity contribution is 7.84. The fourth-order valence-electron chi connectivity index (χ4n) is 5.50. The number of halogens is 1. The Bertz CT molecular complexity index is 1240. The molecule has 1 aromatic heterocycles. The maximum atomic E-state index is 13.5. The van der Waals surface area contributed by atoms with E-state index in [1.807, 2.05) is 51.1 Å². The number of aromatic nitrogens is 1. The molecule has 0 saturated heterocycles. The van der Waals surface area contributed by atoms with Crippen molar-refractivity contribution in [3.8, 4) is 11.1 Å². The van der Waals surface area contributed by atoms with Crippen LogP contribution in [0.1, 0.15) is 52.1 Å². The second-order valence-corrected chi connectivity index (χ2v) is 12.0. The minimum absolute atomic E-state index is 0.0500. The third kappa shape index (κ3) is 7.59. The third-order valence-corrected chi connectivity index (χ3v) is 7.43. The van der Waals surface area contributed by atoms with E-state index >= 15 is 0 Å². The summed E-state index contributed by atoms with van der Waals surface area (Å²) in [7, 11) is -4.13. The molecule has 2 unspecified atom stereocenters. The first-order chi connectivity index (χ1) is 17.4. The van der Waals surface area contributed by atoms with E-state index in [1.54, 1.807) is 12.3 Å². The molecule has 3 N–H and O–H groups in total. The lowest BCUT2D eigenvalue weighted by Crippen LogP contribution is -2.42. The molecule has 8 nitrogen and oxygen atoms in total. The molecule has 200 valence electrons. The Labute approximate surface area is 217 Å². The van der Waals surface area contributed by atoms with Crippen LogP contribution in [0.5, 0.6) is 0 Å². The summed E-state index contributed by atoms with van der Waals surface area (Å²) < 4.78 is 47.8. The van der Waals surface area contributed by atoms with E-state index < -0.39 is 28.1 Å². The van der Waals surface area contributed by atoms with Crippen molar-refractivity contribution in [2.24, 2.45) is 22.9 Å². The average molecular weight is 532 g/mol. The number of nitrogens with two attached hydrogens (primary N) is 1. The third-order valence-electron chi connectivity index (χ3n) is 6.91. The minimum Gasteiger partial charge on any atom is -0.444 e. The number of alkyl carbamates (subject to hydrolysis) is 1. The van der Waals surface area contributed by atoms with Crippen LogP contribution in [0.3, 0.4) is 0 Å². The molecule has 2 saturated carbocycles. The normalized spacial score (nSPS) is 26.1. The predicted octanol–water partition coefficient (Wildman–Crippen LogP) is 4.82. The fourth-order valence-corrected chi connectivity index (χ4v) is 6.05. The number of benzene rings is 1. The molecule has 2 fully saturated rings. The van der Waals surface area contributed by atoms with Gasteiger partial charge in [-0.1, -0.05) is 24.3 Å². The van der Waals surface area contributed by atoms with Crippen LogP contribution in [0.25, 0.3) is 17.2 Å². The SMILES string of the molecule is CC(C)(C)OC(=O)NC1CC[C@H]2C(C=Cc3ccc(-c4cccc(F)c4)cn3)[C@H](OS(N)(=O)=O)C[C@@H]2C1. The van der Waals surface area contributed by atoms with Crippen molar-refractivity contribution in [1.29, 1.82) is 0 Å². The first-order valence-electron chi connectivity index (χ1n) is 12.5. The lowest BCUT2D eigenvalue weighted by molar-refractivity contribution is 0.0473. The first-order valence-corrected chi connectivity index (χ1v) is 13.9. The number of hydrogen-bond donors (Lipinski definition) is 2. The number of pyridine rings is 1. The van der Waals surface area contributed by atoms with Gasteiger partial charge >= 0.3 is 16.4 Å². The zero-order chi connectivity index (χ0) is 26.8. The number of ether oxygens (including phenoxy) is 1. The van der Waals surface area contributed by atoms with E-state index in [1.165, 1.54) is 12.1 Å². The molecule has 37 heavy (non-hydrogen) atoms. The van der Waals surface area contributed by atoms with Gasteiger partial charge in [0.15, 0.2) is 0 Å². The highest BCUT2D eigenvalue weighted by Crippen LogP contribution is 2.48. The molecule has 0 spiro atoms. The van der Waals surface area contributed by atoms with Gasteiger partial charge in [0.25, 0.3) is 0 Å². The van der Waals surface area contributed by atoms with Crippen molar-refractivity contribution in [2.75, 3.05) is 0 Å². The molecule has 2 aliphatic rings. The van der Waals surface area contributed by atoms with Crippen molar-refractivity contribution >= 4 is 22.5 Å². The standard InChI is InChI=1S/C27H34FN3O5S/c1-27(2,3)35-26(32)31-22-10-11-23-19(14-22)15-25(36-37(29,33)34)24(23)12-9-21-8-7-18(16-30-21)17-5-4-6-20(28)13-17/h4-9,12-13,16,19,22-25H,10-11,14-15H2,1-3H3,(H,31,32)(H2,29,33,34)/t19-,22?,23+,24?,25+/m0/s1. The van der Waals surface area contributed by atoms with Crippen LogP contribution < -0.4 is 10.5 Å². The molecule has 1 aromatic carbocycles. The predicted molar refractivity (Wildman–Crippen MR) is 139 cm³/mol. The summed E-state index contributed by atoms with van der Waals surface area (Å²) in [6.07, 6.45) is 7.23. The van der Waals surface area contributed by atoms with Crippen LogP contribution >= 0.6 is 0 Å². The zero-order valence-corrected chi connectivity index (χ0v) is 22.1. The van der Waals surface area contributed by atoms with Crippen molar-refractivity contribution in [1.82, 2.24) is 10.3 Å². The zero-order valence-electron chi connectivity index (χ0n) is 21.3. The molecule has 1 heterocycles. The molecule has 4 rings (SSSR count). The average Bonchev–Trinajstić information content (AvgIpc) is 3.11. The van der Waals surface area contributed by atoms with E-state index in [4.69, 9.17) is 14.1 Å². The molecule has 0 radical (unpaired) electrons. The Balaban J connectivity index is 1.46. The van der Waals surface area contributed by atoms with Crippen LogP contribution in [-0.4, -0.2) is 37.2 Å². The van der Waals surface area contributed by atoms with E-state index in [9.17, 15) is 17.6 Å². The molecule has 0 aliphatic heterocycles. The smallest absolute Gasteiger partial charge is 0.407 e. The van der Waals surface area contributed by atoms with Crippen LogP contribution in [0.4, 0.5) is 9.18 Å². The summed E-state index contributed by atoms with van der Waals surface area (Å²) in [4.78, 5) is 16.7. The first kappa shape index (κ1) is 27.2. The molecule has 2 aromatic rings. The Morgan fingerprint density at radius 3 is 2.59 bits per heavy atom. The monoisotopic (exact) mass is 531 g/mol. The van der Waals surface area contributed by atoms with Gasteiger partial charge in [0.1, 0.15) is 11.4 Å². The second-order valence-electron chi connectivity index (χ2n) is 10.9. The number of carbonyl (C=O) groups excluding carboxylic acids is 1. The van der Waals surface area contributed by atoms with Gasteiger partial charge in [-0.3, -0.25) is 9.17 Å². The van der Waals surface area contributed by atoms with Gasteiger partial charge in [0, 0.05) is 23.7 Å². The van der Waals surface area contributed by atoms with Crippen LogP contribution in [-0.2, 0) is 19.2 Å². The highest BCUT2D eigenvalue weighted by atomic mass is 32.2. The molecular weight excluding hydrogens is 497 g/mol. The number of fused-ring (bicyclic) bond motifs is 1. The summed E-state index contributed by atoms with van der Waals surface area (Å²) in [5.41, 5.74) is 1.64. The van der Waals surface area contributed by atoms with E-state index in [0.29, 0.717) is 18.5 Å². The number of rotatable bonds is 6. The number of amides is 1. The highest BCUT2D eigenvalue weighted by Gasteiger charge is 2.47. The van der Waals surface area contributed by atoms with Gasteiger partial charge in [-0.25, -0.2) is 14.3 Å². The van der Waals surface area contributed by atoms with Crippen LogP contribution in [0.2, 0.25) is 0 Å². The van der Waals surface area contributed by atoms with Gasteiger partial charge in [-0.15, -0.1) is 0 Å². The summed E-state index contributed by atoms with van der Waals surface area (Å²) in [6, 6.07) is 9.96. The molecular formula is C27H34FN3O5S. The minimum atomic E-state index is -4.13. The number of hydrogen-bond acceptors (Lipinski definition) is 6. The van der Waals surface area contributed by atoms with Gasteiger partial charge in [-0.2, -0.15) is 8.42 Å². The largest absolute Gasteiger partial charge is 0.444 e. The molecule has 10 heteroatoms. The maximum Gasteiger partial charge on any atom is 0.407 e. The summed E-state index contributed by atoms with van der Waals surface area (Å²) in [5.74, 6) is -0.130. The Hall–Kier alpha value is -2.82. The van der Waals surface area contributed by atoms with Gasteiger partial charge < -0.3 is 10.1 Å². The molecule has 1 amide bonds. The van der Waals surface area contributed by atoms with Crippen molar-refractivity contribution in [3.05, 3.63) is 60.2 Å². The van der Waals surface area contributed by atoms with Crippen LogP contribution in [0.15, 0.2) is 48.7 Å². The Morgan fingerprint density at radius 1 is 1.16 bits per heavy atom. The van der Waals surface area contributed by atoms with E-state index in [-0.39, 0.29) is 29.6 Å². The Kier molecular flexibility index (Phi) is 8.01. The summed E-state index contributed by atoms with van der Waals surface area (Å²) >= 11 is 0. The van der Waals surface area contributed by atoms with E-state index in [0.717, 1.165) is 24.0 Å². The summed E-state index contributed by atoms with van der Waals surface area (Å²) in [5, 5.41) is 8.17. The molecule has 5 atom stereocenters. The Morgan fingerprint density at radius 2 is 1.95 bits per heavy atom. The van der Waals surface area contributed by atoms with Crippen molar-refractivity contribution in [2.45, 2.75) is 64.2 Å². The quantitative estimate of drug-likeness (QED) is 0.551. The topological polar surface area (TPSA) is 121 Å². The van der Waals surface area contributed by atoms with Gasteiger partial charge in [-0.05, 0) is 88.1 Å². The van der Waals surface area contributed by atoms with Gasteiger partial charge in [0.05, 0.1) is 11.8 Å². The van der Waals surface area contributed by atoms with Crippen molar-refractivity contribution < 1.29 is 26.5 Å². The fraction of sp³-hybridized carbons (Fsp3) is 0.481. The van der Waals surface area contributed by atoms with Crippen molar-refractivity contribution in [3.63, 3.8) is 0 Å². The summed E-state index contributed by atoms with van der Waals surface area (Å²) in [6.45, 7) is 5.45. The lowest BCUT2D eigenvalue weighted by atomic mass is 9.76. The molecule has 2 aliphatic carbocycles. The maximum absolute atomic E-state index is 13.5. The lowest BCUT2D eigenvalue weighted by Gasteiger charge is -2.34. The van der Waals surface area contributed by atoms with E-state index in [2.05, 4.69) is 10.3 Å². The second kappa shape index (κ2) is 10.9. The number of nitrogens with zero attached hydrogens (tertiary/aromatic N) is 1. The van der Waals surface area contributed by atoms with Crippen LogP contribution in [0, 0.1) is 23.6 Å². The number of nitrogens with one attached hydrogen (secondary N) is 1. The molecule has 0 bridgehead atoms.